The SMILES string of the molecule is CSC(COCc1cncs1)CC(NC(=O)c1ccccc1-c1ccccc1C)C(=O)O.[LiH]. The molecule has 170 valence electrons. The first-order chi connectivity index (χ1) is 15.5. The van der Waals surface area contributed by atoms with Gasteiger partial charge in [0.25, 0.3) is 5.91 Å². The molecule has 3 rings (SSSR count). The second-order valence-electron chi connectivity index (χ2n) is 7.30. The molecule has 2 atom stereocenters. The van der Waals surface area contributed by atoms with Crippen molar-refractivity contribution >= 4 is 53.8 Å². The number of aromatic nitrogens is 1. The first-order valence-corrected chi connectivity index (χ1v) is 12.3. The Bertz CT molecular complexity index is 1050. The molecule has 0 aliphatic rings. The summed E-state index contributed by atoms with van der Waals surface area (Å²) < 4.78 is 5.74. The summed E-state index contributed by atoms with van der Waals surface area (Å²) >= 11 is 3.04. The van der Waals surface area contributed by atoms with Crippen LogP contribution in [0.25, 0.3) is 11.1 Å². The Hall–Kier alpha value is -2.08. The Kier molecular flexibility index (Phi) is 11.2. The molecule has 2 aromatic carbocycles. The number of carbonyl (C=O) groups excluding carboxylic acids is 1. The number of aliphatic carboxylic acids is 1. The van der Waals surface area contributed by atoms with Crippen LogP contribution in [0.5, 0.6) is 0 Å². The fraction of sp³-hybridized carbons (Fsp3) is 0.292. The minimum absolute atomic E-state index is 0. The van der Waals surface area contributed by atoms with Gasteiger partial charge in [0.05, 0.1) is 23.6 Å². The molecule has 0 fully saturated rings. The number of carbonyl (C=O) groups is 2. The number of amides is 1. The van der Waals surface area contributed by atoms with Crippen LogP contribution in [0, 0.1) is 6.92 Å². The second-order valence-corrected chi connectivity index (χ2v) is 9.41. The van der Waals surface area contributed by atoms with Crippen LogP contribution >= 0.6 is 23.1 Å². The van der Waals surface area contributed by atoms with Gasteiger partial charge < -0.3 is 15.2 Å². The van der Waals surface area contributed by atoms with E-state index in [1.807, 2.05) is 49.6 Å². The molecule has 6 nitrogen and oxygen atoms in total. The predicted molar refractivity (Wildman–Crippen MR) is 136 cm³/mol. The number of thioether (sulfide) groups is 1. The normalized spacial score (nSPS) is 12.4. The summed E-state index contributed by atoms with van der Waals surface area (Å²) in [6.45, 7) is 2.81. The molecule has 2 unspecified atom stereocenters. The molecule has 0 radical (unpaired) electrons. The van der Waals surface area contributed by atoms with Gasteiger partial charge >= 0.3 is 24.8 Å². The number of nitrogens with one attached hydrogen (secondary N) is 1. The van der Waals surface area contributed by atoms with Crippen molar-refractivity contribution in [1.29, 1.82) is 0 Å². The van der Waals surface area contributed by atoms with E-state index < -0.39 is 17.9 Å². The minimum atomic E-state index is -1.06. The van der Waals surface area contributed by atoms with E-state index in [2.05, 4.69) is 10.3 Å². The third-order valence-electron chi connectivity index (χ3n) is 5.07. The van der Waals surface area contributed by atoms with E-state index in [0.29, 0.717) is 18.8 Å². The number of benzene rings is 2. The monoisotopic (exact) mass is 478 g/mol. The Morgan fingerprint density at radius 1 is 1.15 bits per heavy atom. The van der Waals surface area contributed by atoms with E-state index in [1.165, 1.54) is 23.1 Å². The van der Waals surface area contributed by atoms with Gasteiger partial charge in [0.2, 0.25) is 0 Å². The average Bonchev–Trinajstić information content (AvgIpc) is 3.31. The van der Waals surface area contributed by atoms with Crippen LogP contribution in [0.15, 0.2) is 60.2 Å². The first kappa shape index (κ1) is 27.2. The first-order valence-electron chi connectivity index (χ1n) is 10.2. The van der Waals surface area contributed by atoms with Gasteiger partial charge in [-0.05, 0) is 42.4 Å². The topological polar surface area (TPSA) is 88.5 Å². The van der Waals surface area contributed by atoms with Gasteiger partial charge in [0, 0.05) is 17.0 Å². The maximum atomic E-state index is 13.1. The predicted octanol–water partition coefficient (Wildman–Crippen LogP) is 3.99. The van der Waals surface area contributed by atoms with Crippen LogP contribution in [-0.2, 0) is 16.1 Å². The van der Waals surface area contributed by atoms with Crippen molar-refractivity contribution in [3.63, 3.8) is 0 Å². The van der Waals surface area contributed by atoms with Crippen molar-refractivity contribution in [2.45, 2.75) is 31.2 Å². The molecule has 0 saturated carbocycles. The zero-order valence-corrected chi connectivity index (χ0v) is 19.6. The van der Waals surface area contributed by atoms with Gasteiger partial charge in [-0.3, -0.25) is 9.78 Å². The van der Waals surface area contributed by atoms with Gasteiger partial charge in [-0.1, -0.05) is 42.5 Å². The van der Waals surface area contributed by atoms with Crippen LogP contribution < -0.4 is 5.32 Å². The number of thiazole rings is 1. The van der Waals surface area contributed by atoms with Gasteiger partial charge in [-0.25, -0.2) is 4.79 Å². The van der Waals surface area contributed by atoms with Gasteiger partial charge in [0.1, 0.15) is 6.04 Å². The number of carboxylic acids is 1. The Morgan fingerprint density at radius 2 is 1.85 bits per heavy atom. The van der Waals surface area contributed by atoms with E-state index in [4.69, 9.17) is 4.74 Å². The molecule has 1 amide bonds. The van der Waals surface area contributed by atoms with E-state index in [1.54, 1.807) is 23.8 Å². The van der Waals surface area contributed by atoms with E-state index >= 15 is 0 Å². The van der Waals surface area contributed by atoms with Crippen molar-refractivity contribution in [1.82, 2.24) is 10.3 Å². The van der Waals surface area contributed by atoms with E-state index in [9.17, 15) is 14.7 Å². The number of ether oxygens (including phenoxy) is 1. The molecule has 9 heteroatoms. The summed E-state index contributed by atoms with van der Waals surface area (Å²) in [5.74, 6) is -1.46. The van der Waals surface area contributed by atoms with Crippen molar-refractivity contribution in [3.8, 4) is 11.1 Å². The standard InChI is InChI=1S/C24H26N2O4S2.Li.H/c1-16-7-3-4-8-19(16)20-9-5-6-10-21(20)23(27)26-22(24(28)29)11-17(31-2)13-30-14-18-12-25-15-32-18;;/h3-10,12,15,17,22H,11,13-14H2,1-2H3,(H,26,27)(H,28,29);;. The van der Waals surface area contributed by atoms with E-state index in [0.717, 1.165) is 21.6 Å². The molecular formula is C24H27LiN2O4S2. The number of carboxylic acid groups (broad SMARTS) is 1. The molecule has 3 aromatic rings. The van der Waals surface area contributed by atoms with Crippen molar-refractivity contribution in [2.24, 2.45) is 0 Å². The maximum absolute atomic E-state index is 13.1. The summed E-state index contributed by atoms with van der Waals surface area (Å²) in [5, 5.41) is 12.4. The fourth-order valence-electron chi connectivity index (χ4n) is 3.35. The molecule has 0 spiro atoms. The summed E-state index contributed by atoms with van der Waals surface area (Å²) in [6.07, 6.45) is 3.93. The molecule has 0 aliphatic heterocycles. The second kappa shape index (κ2) is 13.6. The Labute approximate surface area is 214 Å². The zero-order chi connectivity index (χ0) is 22.9. The van der Waals surface area contributed by atoms with Crippen molar-refractivity contribution in [2.75, 3.05) is 12.9 Å². The summed E-state index contributed by atoms with van der Waals surface area (Å²) in [7, 11) is 0. The number of rotatable bonds is 11. The fourth-order valence-corrected chi connectivity index (χ4v) is 4.50. The molecule has 1 aromatic heterocycles. The van der Waals surface area contributed by atoms with Crippen LogP contribution in [0.4, 0.5) is 0 Å². The number of hydrogen-bond donors (Lipinski definition) is 2. The Balaban J connectivity index is 0.00000385. The quantitative estimate of drug-likeness (QED) is 0.405. The average molecular weight is 479 g/mol. The van der Waals surface area contributed by atoms with Crippen LogP contribution in [0.2, 0.25) is 0 Å². The van der Waals surface area contributed by atoms with Gasteiger partial charge in [-0.15, -0.1) is 11.3 Å². The molecule has 0 bridgehead atoms. The third-order valence-corrected chi connectivity index (χ3v) is 6.82. The van der Waals surface area contributed by atoms with Gasteiger partial charge in [-0.2, -0.15) is 11.8 Å². The molecule has 1 heterocycles. The summed E-state index contributed by atoms with van der Waals surface area (Å²) in [5.41, 5.74) is 4.97. The molecule has 33 heavy (non-hydrogen) atoms. The van der Waals surface area contributed by atoms with Crippen molar-refractivity contribution in [3.05, 3.63) is 76.2 Å². The van der Waals surface area contributed by atoms with E-state index in [-0.39, 0.29) is 30.5 Å². The number of nitrogens with zero attached hydrogens (tertiary/aromatic N) is 1. The molecular weight excluding hydrogens is 451 g/mol. The van der Waals surface area contributed by atoms with Crippen molar-refractivity contribution < 1.29 is 19.4 Å². The van der Waals surface area contributed by atoms with Crippen LogP contribution in [-0.4, -0.2) is 65.0 Å². The molecule has 0 aliphatic carbocycles. The Morgan fingerprint density at radius 3 is 2.48 bits per heavy atom. The summed E-state index contributed by atoms with van der Waals surface area (Å²) in [4.78, 5) is 30.0. The van der Waals surface area contributed by atoms with Gasteiger partial charge in [0.15, 0.2) is 0 Å². The number of hydrogen-bond acceptors (Lipinski definition) is 6. The van der Waals surface area contributed by atoms with Crippen LogP contribution in [0.1, 0.15) is 27.2 Å². The number of aryl methyl sites for hydroxylation is 1. The summed E-state index contributed by atoms with van der Waals surface area (Å²) in [6, 6.07) is 14.1. The molecule has 2 N–H and O–H groups in total. The third kappa shape index (κ3) is 7.73. The zero-order valence-electron chi connectivity index (χ0n) is 18.0. The van der Waals surface area contributed by atoms with Crippen LogP contribution in [0.3, 0.4) is 0 Å². The molecule has 0 saturated heterocycles.